The van der Waals surface area contributed by atoms with Crippen molar-refractivity contribution in [3.05, 3.63) is 59.7 Å². The van der Waals surface area contributed by atoms with Crippen LogP contribution in [0.2, 0.25) is 13.1 Å². The number of carbonyl (C=O) groups excluding carboxylic acids is 1. The Morgan fingerprint density at radius 2 is 1.46 bits per heavy atom. The van der Waals surface area contributed by atoms with Gasteiger partial charge in [0.1, 0.15) is 0 Å². The Kier molecular flexibility index (Phi) is 8.41. The predicted molar refractivity (Wildman–Crippen MR) is 91.0 cm³/mol. The van der Waals surface area contributed by atoms with Crippen molar-refractivity contribution >= 4 is 11.8 Å². The third kappa shape index (κ3) is 4.04. The molecule has 0 bridgehead atoms. The largest absolute Gasteiger partial charge is 1.00 e. The Morgan fingerprint density at radius 1 is 1.00 bits per heavy atom. The van der Waals surface area contributed by atoms with Gasteiger partial charge in [-0.15, -0.1) is 0 Å². The van der Waals surface area contributed by atoms with Crippen LogP contribution in [0.5, 0.6) is 0 Å². The van der Waals surface area contributed by atoms with Crippen LogP contribution in [0, 0.1) is 0 Å². The van der Waals surface area contributed by atoms with E-state index in [2.05, 4.69) is 64.9 Å². The van der Waals surface area contributed by atoms with Gasteiger partial charge in [0.05, 0.1) is 0 Å². The van der Waals surface area contributed by atoms with Gasteiger partial charge in [0.25, 0.3) is 0 Å². The SMILES string of the molecule is CCC(=O)[NH][Zr+2]([CH]1c2ccccc2-c2ccccc21)[SiH](C)C.[Cl-].[Cl-]. The first kappa shape index (κ1) is 21.6. The summed E-state index contributed by atoms with van der Waals surface area (Å²) in [6.07, 6.45) is 0.598. The fraction of sp³-hybridized carbons (Fsp3) is 0.278. The zero-order valence-electron chi connectivity index (χ0n) is 14.1. The van der Waals surface area contributed by atoms with Gasteiger partial charge < -0.3 is 24.8 Å². The first-order valence-electron chi connectivity index (χ1n) is 7.98. The van der Waals surface area contributed by atoms with Gasteiger partial charge in [-0.05, 0) is 0 Å². The molecular weight excluding hydrogens is 436 g/mol. The summed E-state index contributed by atoms with van der Waals surface area (Å²) in [6, 6.07) is 17.5. The fourth-order valence-electron chi connectivity index (χ4n) is 3.29. The van der Waals surface area contributed by atoms with Crippen LogP contribution in [0.25, 0.3) is 11.1 Å². The first-order valence-corrected chi connectivity index (χ1v) is 17.8. The number of hydrogen-bond acceptors (Lipinski definition) is 1. The van der Waals surface area contributed by atoms with Crippen LogP contribution in [0.15, 0.2) is 48.5 Å². The van der Waals surface area contributed by atoms with E-state index in [1.54, 1.807) is 0 Å². The minimum Gasteiger partial charge on any atom is -1.00 e. The summed E-state index contributed by atoms with van der Waals surface area (Å²) < 4.78 is 4.01. The Balaban J connectivity index is 0.00000144. The van der Waals surface area contributed by atoms with Gasteiger partial charge in [-0.1, -0.05) is 0 Å². The van der Waals surface area contributed by atoms with E-state index in [1.165, 1.54) is 22.3 Å². The van der Waals surface area contributed by atoms with Crippen molar-refractivity contribution in [2.75, 3.05) is 0 Å². The number of benzene rings is 2. The van der Waals surface area contributed by atoms with Gasteiger partial charge >= 0.3 is 142 Å². The van der Waals surface area contributed by atoms with E-state index < -0.39 is 27.1 Å². The van der Waals surface area contributed by atoms with E-state index in [1.807, 2.05) is 6.92 Å². The van der Waals surface area contributed by atoms with E-state index in [0.29, 0.717) is 10.0 Å². The molecule has 1 N–H and O–H groups in total. The molecule has 6 heteroatoms. The van der Waals surface area contributed by atoms with Gasteiger partial charge in [0, 0.05) is 0 Å². The number of halogens is 2. The quantitative estimate of drug-likeness (QED) is 0.519. The molecule has 2 nitrogen and oxygen atoms in total. The molecule has 24 heavy (non-hydrogen) atoms. The number of nitrogens with one attached hydrogen (secondary N) is 1. The van der Waals surface area contributed by atoms with Crippen molar-refractivity contribution in [3.63, 3.8) is 0 Å². The summed E-state index contributed by atoms with van der Waals surface area (Å²) >= 11 is -2.05. The molecule has 1 amide bonds. The molecule has 127 valence electrons. The van der Waals surface area contributed by atoms with Crippen LogP contribution >= 0.6 is 0 Å². The van der Waals surface area contributed by atoms with Crippen LogP contribution < -0.4 is 28.1 Å². The molecule has 1 aliphatic carbocycles. The molecule has 0 aromatic heterocycles. The van der Waals surface area contributed by atoms with E-state index in [4.69, 9.17) is 0 Å². The van der Waals surface area contributed by atoms with Crippen molar-refractivity contribution in [3.8, 4) is 11.1 Å². The van der Waals surface area contributed by atoms with Crippen molar-refractivity contribution in [2.24, 2.45) is 0 Å². The standard InChI is InChI=1S/C13H9.C3H7NO.C2H7Si.2ClH.Zr/c1-3-7-12-10(5-1)9-11-6-2-4-8-13(11)12;1-2-3(4)5;1-3-2;;;/h1-9H;2H2,1H3,(H2,4,5);3H,1-2H3;2*1H;/q;;;;;+3/p-3. The zero-order valence-corrected chi connectivity index (χ0v) is 19.3. The molecule has 0 unspecified atom stereocenters. The Morgan fingerprint density at radius 3 is 1.88 bits per heavy atom. The third-order valence-corrected chi connectivity index (χ3v) is 22.1. The summed E-state index contributed by atoms with van der Waals surface area (Å²) in [7, 11) is 0. The smallest absolute Gasteiger partial charge is 1.00 e. The maximum Gasteiger partial charge on any atom is -1.00 e. The molecule has 3 rings (SSSR count). The Bertz CT molecular complexity index is 665. The summed E-state index contributed by atoms with van der Waals surface area (Å²) in [5.41, 5.74) is 5.66. The molecule has 2 aromatic carbocycles. The molecule has 0 fully saturated rings. The van der Waals surface area contributed by atoms with Crippen LogP contribution in [-0.2, 0) is 26.0 Å². The molecule has 0 saturated carbocycles. The van der Waals surface area contributed by atoms with Gasteiger partial charge in [-0.3, -0.25) is 0 Å². The maximum absolute atomic E-state index is 12.1. The molecule has 1 aliphatic rings. The molecule has 0 spiro atoms. The molecular formula is C18H22Cl2NOSiZr. The van der Waals surface area contributed by atoms with Crippen molar-refractivity contribution in [2.45, 2.75) is 30.1 Å². The third-order valence-electron chi connectivity index (χ3n) is 4.37. The molecule has 0 heterocycles. The second-order valence-electron chi connectivity index (χ2n) is 6.12. The number of carbonyl (C=O) groups is 1. The monoisotopic (exact) mass is 456 g/mol. The van der Waals surface area contributed by atoms with E-state index in [0.717, 1.165) is 0 Å². The topological polar surface area (TPSA) is 29.1 Å². The first-order chi connectivity index (χ1) is 10.6. The molecule has 2 aromatic rings. The zero-order chi connectivity index (χ0) is 15.7. The predicted octanol–water partition coefficient (Wildman–Crippen LogP) is -2.19. The second kappa shape index (κ2) is 9.33. The molecule has 0 saturated heterocycles. The number of amides is 1. The van der Waals surface area contributed by atoms with Crippen molar-refractivity contribution in [1.82, 2.24) is 3.26 Å². The van der Waals surface area contributed by atoms with Crippen LogP contribution in [0.3, 0.4) is 0 Å². The average Bonchev–Trinajstić information content (AvgIpc) is 2.86. The number of rotatable bonds is 4. The normalized spacial score (nSPS) is 11.8. The van der Waals surface area contributed by atoms with Gasteiger partial charge in [-0.2, -0.15) is 0 Å². The molecule has 0 aliphatic heterocycles. The minimum atomic E-state index is -2.05. The maximum atomic E-state index is 12.1. The number of hydrogen-bond donors (Lipinski definition) is 1. The van der Waals surface area contributed by atoms with Crippen LogP contribution in [-0.4, -0.2) is 11.8 Å². The molecule has 0 atom stereocenters. The van der Waals surface area contributed by atoms with E-state index in [9.17, 15) is 4.79 Å². The fourth-order valence-corrected chi connectivity index (χ4v) is 18.8. The Labute approximate surface area is 165 Å². The summed E-state index contributed by atoms with van der Waals surface area (Å²) in [5.74, 6) is -0.614. The van der Waals surface area contributed by atoms with Crippen LogP contribution in [0.1, 0.15) is 28.1 Å². The molecule has 0 radical (unpaired) electrons. The summed E-state index contributed by atoms with van der Waals surface area (Å²) in [6.45, 7) is 6.77. The van der Waals surface area contributed by atoms with E-state index in [-0.39, 0.29) is 30.7 Å². The van der Waals surface area contributed by atoms with E-state index >= 15 is 0 Å². The average molecular weight is 459 g/mol. The minimum absolute atomic E-state index is 0. The summed E-state index contributed by atoms with van der Waals surface area (Å²) in [5, 5.41) is 0. The van der Waals surface area contributed by atoms with Gasteiger partial charge in [-0.25, -0.2) is 0 Å². The van der Waals surface area contributed by atoms with Crippen molar-refractivity contribution < 1.29 is 50.8 Å². The second-order valence-corrected chi connectivity index (χ2v) is 24.9. The van der Waals surface area contributed by atoms with Gasteiger partial charge in [0.15, 0.2) is 0 Å². The summed E-state index contributed by atoms with van der Waals surface area (Å²) in [4.78, 5) is 12.1. The van der Waals surface area contributed by atoms with Crippen LogP contribution in [0.4, 0.5) is 0 Å². The Hall–Kier alpha value is -0.410. The number of fused-ring (bicyclic) bond motifs is 3. The van der Waals surface area contributed by atoms with Gasteiger partial charge in [0.2, 0.25) is 0 Å². The van der Waals surface area contributed by atoms with Crippen molar-refractivity contribution in [1.29, 1.82) is 0 Å².